The first kappa shape index (κ1) is 9.93. The molecule has 2 aromatic rings. The van der Waals surface area contributed by atoms with Crippen LogP contribution in [0.1, 0.15) is 16.1 Å². The van der Waals surface area contributed by atoms with E-state index in [1.807, 2.05) is 0 Å². The second-order valence-electron chi connectivity index (χ2n) is 3.24. The molecule has 2 rings (SSSR count). The average molecular weight is 222 g/mol. The summed E-state index contributed by atoms with van der Waals surface area (Å²) in [5.74, 6) is -0.0602. The zero-order chi connectivity index (χ0) is 11.0. The van der Waals surface area contributed by atoms with Gasteiger partial charge in [-0.2, -0.15) is 0 Å². The topological polar surface area (TPSA) is 50.2 Å². The number of aryl methyl sites for hydroxylation is 1. The number of hydrogen-bond donors (Lipinski definition) is 1. The predicted molar refractivity (Wildman–Crippen MR) is 58.5 cm³/mol. The number of hydrogen-bond acceptors (Lipinski definition) is 3. The van der Waals surface area contributed by atoms with Gasteiger partial charge in [-0.05, 0) is 25.1 Å². The van der Waals surface area contributed by atoms with Crippen LogP contribution in [-0.4, -0.2) is 16.4 Å². The summed E-state index contributed by atoms with van der Waals surface area (Å²) < 4.78 is 0. The summed E-state index contributed by atoms with van der Waals surface area (Å²) in [6.45, 7) is 1.68. The number of aromatic nitrogens is 1. The van der Waals surface area contributed by atoms with Crippen LogP contribution in [0.4, 0.5) is 0 Å². The third kappa shape index (κ3) is 1.55. The molecule has 3 nitrogen and oxygen atoms in total. The SMILES string of the molecule is Cc1nc2ccc(Cl)cc2c(O)c1C=O. The fraction of sp³-hybridized carbons (Fsp3) is 0.0909. The highest BCUT2D eigenvalue weighted by Crippen LogP contribution is 2.30. The van der Waals surface area contributed by atoms with Gasteiger partial charge >= 0.3 is 0 Å². The Morgan fingerprint density at radius 3 is 2.87 bits per heavy atom. The van der Waals surface area contributed by atoms with Gasteiger partial charge in [0.15, 0.2) is 6.29 Å². The van der Waals surface area contributed by atoms with Gasteiger partial charge in [-0.15, -0.1) is 0 Å². The van der Waals surface area contributed by atoms with Crippen molar-refractivity contribution in [2.75, 3.05) is 0 Å². The molecule has 0 aliphatic heterocycles. The molecular weight excluding hydrogens is 214 g/mol. The molecule has 1 aromatic heterocycles. The molecule has 15 heavy (non-hydrogen) atoms. The molecule has 0 saturated carbocycles. The summed E-state index contributed by atoms with van der Waals surface area (Å²) in [6.07, 6.45) is 0.595. The molecule has 0 aliphatic rings. The minimum Gasteiger partial charge on any atom is -0.506 e. The van der Waals surface area contributed by atoms with Crippen molar-refractivity contribution in [3.63, 3.8) is 0 Å². The second kappa shape index (κ2) is 3.51. The van der Waals surface area contributed by atoms with Gasteiger partial charge in [-0.1, -0.05) is 11.6 Å². The number of carbonyl (C=O) groups excluding carboxylic acids is 1. The van der Waals surface area contributed by atoms with Gasteiger partial charge in [0.1, 0.15) is 5.75 Å². The van der Waals surface area contributed by atoms with Crippen LogP contribution in [0.5, 0.6) is 5.75 Å². The molecule has 4 heteroatoms. The summed E-state index contributed by atoms with van der Waals surface area (Å²) >= 11 is 5.80. The van der Waals surface area contributed by atoms with Crippen LogP contribution in [-0.2, 0) is 0 Å². The van der Waals surface area contributed by atoms with Crippen molar-refractivity contribution >= 4 is 28.8 Å². The number of aldehydes is 1. The lowest BCUT2D eigenvalue weighted by Gasteiger charge is -2.06. The van der Waals surface area contributed by atoms with Crippen molar-refractivity contribution in [2.24, 2.45) is 0 Å². The number of halogens is 1. The van der Waals surface area contributed by atoms with Gasteiger partial charge < -0.3 is 5.11 Å². The summed E-state index contributed by atoms with van der Waals surface area (Å²) in [4.78, 5) is 14.9. The van der Waals surface area contributed by atoms with Crippen LogP contribution in [0.25, 0.3) is 10.9 Å². The predicted octanol–water partition coefficient (Wildman–Crippen LogP) is 2.71. The van der Waals surface area contributed by atoms with Gasteiger partial charge in [0, 0.05) is 10.4 Å². The third-order valence-electron chi connectivity index (χ3n) is 2.26. The van der Waals surface area contributed by atoms with E-state index in [0.29, 0.717) is 27.9 Å². The van der Waals surface area contributed by atoms with Gasteiger partial charge in [0.05, 0.1) is 16.8 Å². The van der Waals surface area contributed by atoms with Crippen molar-refractivity contribution in [3.05, 3.63) is 34.5 Å². The zero-order valence-electron chi connectivity index (χ0n) is 7.99. The summed E-state index contributed by atoms with van der Waals surface area (Å²) in [5, 5.41) is 10.8. The minimum absolute atomic E-state index is 0.0602. The van der Waals surface area contributed by atoms with Crippen molar-refractivity contribution in [1.82, 2.24) is 4.98 Å². The maximum absolute atomic E-state index is 10.7. The number of pyridine rings is 1. The van der Waals surface area contributed by atoms with Crippen LogP contribution in [0.15, 0.2) is 18.2 Å². The normalized spacial score (nSPS) is 10.5. The molecule has 1 N–H and O–H groups in total. The average Bonchev–Trinajstić information content (AvgIpc) is 2.20. The number of nitrogens with zero attached hydrogens (tertiary/aromatic N) is 1. The molecule has 0 fully saturated rings. The molecule has 0 spiro atoms. The Kier molecular flexibility index (Phi) is 2.32. The highest BCUT2D eigenvalue weighted by atomic mass is 35.5. The quantitative estimate of drug-likeness (QED) is 0.754. The molecule has 0 radical (unpaired) electrons. The van der Waals surface area contributed by atoms with Crippen molar-refractivity contribution < 1.29 is 9.90 Å². The fourth-order valence-corrected chi connectivity index (χ4v) is 1.67. The van der Waals surface area contributed by atoms with E-state index in [1.54, 1.807) is 25.1 Å². The van der Waals surface area contributed by atoms with Crippen LogP contribution in [0.3, 0.4) is 0 Å². The Morgan fingerprint density at radius 2 is 2.20 bits per heavy atom. The standard InChI is InChI=1S/C11H8ClNO2/c1-6-9(5-14)11(15)8-4-7(12)2-3-10(8)13-6/h2-5H,1H3,(H,13,15). The molecule has 0 saturated heterocycles. The van der Waals surface area contributed by atoms with Gasteiger partial charge in [0.25, 0.3) is 0 Å². The van der Waals surface area contributed by atoms with Crippen molar-refractivity contribution in [2.45, 2.75) is 6.92 Å². The van der Waals surface area contributed by atoms with Crippen LogP contribution in [0, 0.1) is 6.92 Å². The van der Waals surface area contributed by atoms with E-state index in [2.05, 4.69) is 4.98 Å². The van der Waals surface area contributed by atoms with Gasteiger partial charge in [0.2, 0.25) is 0 Å². The van der Waals surface area contributed by atoms with Crippen molar-refractivity contribution in [3.8, 4) is 5.75 Å². The van der Waals surface area contributed by atoms with E-state index in [4.69, 9.17) is 11.6 Å². The molecule has 1 heterocycles. The summed E-state index contributed by atoms with van der Waals surface area (Å²) in [7, 11) is 0. The maximum atomic E-state index is 10.7. The first-order valence-corrected chi connectivity index (χ1v) is 4.75. The van der Waals surface area contributed by atoms with E-state index >= 15 is 0 Å². The first-order valence-electron chi connectivity index (χ1n) is 4.37. The largest absolute Gasteiger partial charge is 0.506 e. The second-order valence-corrected chi connectivity index (χ2v) is 3.68. The third-order valence-corrected chi connectivity index (χ3v) is 2.50. The molecule has 0 bridgehead atoms. The molecule has 0 aliphatic carbocycles. The van der Waals surface area contributed by atoms with E-state index in [0.717, 1.165) is 0 Å². The molecule has 0 amide bonds. The molecule has 0 atom stereocenters. The number of fused-ring (bicyclic) bond motifs is 1. The number of aromatic hydroxyl groups is 1. The Labute approximate surface area is 91.3 Å². The Bertz CT molecular complexity index is 552. The summed E-state index contributed by atoms with van der Waals surface area (Å²) in [6, 6.07) is 4.99. The minimum atomic E-state index is -0.0602. The number of benzene rings is 1. The first-order chi connectivity index (χ1) is 7.13. The van der Waals surface area contributed by atoms with Crippen LogP contribution >= 0.6 is 11.6 Å². The number of rotatable bonds is 1. The number of carbonyl (C=O) groups is 1. The fourth-order valence-electron chi connectivity index (χ4n) is 1.49. The van der Waals surface area contributed by atoms with Gasteiger partial charge in [-0.3, -0.25) is 9.78 Å². The van der Waals surface area contributed by atoms with Crippen molar-refractivity contribution in [1.29, 1.82) is 0 Å². The van der Waals surface area contributed by atoms with E-state index in [9.17, 15) is 9.90 Å². The monoisotopic (exact) mass is 221 g/mol. The van der Waals surface area contributed by atoms with E-state index in [1.165, 1.54) is 0 Å². The van der Waals surface area contributed by atoms with E-state index < -0.39 is 0 Å². The lowest BCUT2D eigenvalue weighted by atomic mass is 10.1. The lowest BCUT2D eigenvalue weighted by molar-refractivity contribution is 0.112. The lowest BCUT2D eigenvalue weighted by Crippen LogP contribution is -1.93. The summed E-state index contributed by atoms with van der Waals surface area (Å²) in [5.41, 5.74) is 1.35. The molecule has 76 valence electrons. The van der Waals surface area contributed by atoms with Gasteiger partial charge in [-0.25, -0.2) is 0 Å². The van der Waals surface area contributed by atoms with Crippen LogP contribution < -0.4 is 0 Å². The van der Waals surface area contributed by atoms with Crippen LogP contribution in [0.2, 0.25) is 5.02 Å². The zero-order valence-corrected chi connectivity index (χ0v) is 8.75. The maximum Gasteiger partial charge on any atom is 0.155 e. The molecule has 0 unspecified atom stereocenters. The molecular formula is C11H8ClNO2. The Morgan fingerprint density at radius 1 is 1.47 bits per heavy atom. The molecule has 1 aromatic carbocycles. The smallest absolute Gasteiger partial charge is 0.155 e. The highest BCUT2D eigenvalue weighted by Gasteiger charge is 2.10. The van der Waals surface area contributed by atoms with E-state index in [-0.39, 0.29) is 11.3 Å². The Balaban J connectivity index is 2.92. The highest BCUT2D eigenvalue weighted by molar-refractivity contribution is 6.31. The Hall–Kier alpha value is -1.61.